The third kappa shape index (κ3) is 7.41. The second-order valence-electron chi connectivity index (χ2n) is 14.7. The molecule has 4 aromatic carbocycles. The van der Waals surface area contributed by atoms with E-state index >= 15 is 0 Å². The first kappa shape index (κ1) is 37.0. The molecule has 12 heteroatoms. The van der Waals surface area contributed by atoms with E-state index in [9.17, 15) is 9.59 Å². The van der Waals surface area contributed by atoms with Crippen LogP contribution in [0.2, 0.25) is 0 Å². The molecule has 55 heavy (non-hydrogen) atoms. The van der Waals surface area contributed by atoms with E-state index < -0.39 is 0 Å². The summed E-state index contributed by atoms with van der Waals surface area (Å²) < 4.78 is 23.7. The highest BCUT2D eigenvalue weighted by atomic mass is 32.2. The maximum atomic E-state index is 14.1. The molecule has 0 aliphatic carbocycles. The van der Waals surface area contributed by atoms with Gasteiger partial charge in [0, 0.05) is 65.7 Å². The van der Waals surface area contributed by atoms with Crippen LogP contribution in [0.4, 0.5) is 22.7 Å². The number of ether oxygens (including phenoxy) is 4. The zero-order valence-corrected chi connectivity index (χ0v) is 33.1. The van der Waals surface area contributed by atoms with Gasteiger partial charge in [-0.25, -0.2) is 0 Å². The minimum Gasteiger partial charge on any atom is -0.493 e. The van der Waals surface area contributed by atoms with Crippen LogP contribution in [0.1, 0.15) is 64.1 Å². The molecule has 4 heterocycles. The summed E-state index contributed by atoms with van der Waals surface area (Å²) in [5, 5.41) is 0. The molecule has 8 rings (SSSR count). The maximum Gasteiger partial charge on any atom is 0.261 e. The van der Waals surface area contributed by atoms with E-state index in [2.05, 4.69) is 50.7 Å². The standard InChI is InChI=1S/C43H44N4O6S2/c1-43(2,54)12-15-55-25-26-10-11-28-18-30-24-45-34-22-40(38(51-4)20-32(34)42(49)47(30)36(28)16-26)53-14-7-13-52-39-21-33-31(19-37(39)50-3)41(48)46-29(23-44-33)17-27-8-5-6-9-35(27)46/h5-6,8-11,16,19-24,29-30,54H,7,12-15,17-18,25H2,1-4H3/t29?,30-/m0/s1. The number of thioether (sulfide) groups is 1. The summed E-state index contributed by atoms with van der Waals surface area (Å²) in [5.74, 6) is 3.57. The number of carbonyl (C=O) groups excluding carboxylic acids is 2. The SMILES string of the molecule is COc1cc2c(cc1OCCCOc1cc3c(cc1OC)C(=O)N1c4cc(CSCCC(C)(C)S)ccc4C[C@H]1C=N3)N=CC1Cc3ccccc3N1C2=O. The van der Waals surface area contributed by atoms with Crippen molar-refractivity contribution in [2.24, 2.45) is 9.98 Å². The number of hydrogen-bond acceptors (Lipinski definition) is 10. The normalized spacial score (nSPS) is 17.8. The third-order valence-corrected chi connectivity index (χ3v) is 11.6. The molecule has 0 bridgehead atoms. The lowest BCUT2D eigenvalue weighted by molar-refractivity contribution is 0.0978. The molecule has 4 aliphatic rings. The topological polar surface area (TPSA) is 102 Å². The van der Waals surface area contributed by atoms with Crippen molar-refractivity contribution in [3.05, 3.63) is 94.5 Å². The summed E-state index contributed by atoms with van der Waals surface area (Å²) in [7, 11) is 3.12. The fourth-order valence-corrected chi connectivity index (χ4v) is 8.97. The smallest absolute Gasteiger partial charge is 0.261 e. The van der Waals surface area contributed by atoms with Crippen LogP contribution >= 0.6 is 24.4 Å². The van der Waals surface area contributed by atoms with Crippen molar-refractivity contribution in [2.45, 2.75) is 62.1 Å². The summed E-state index contributed by atoms with van der Waals surface area (Å²) >= 11 is 6.53. The molecular weight excluding hydrogens is 733 g/mol. The van der Waals surface area contributed by atoms with Crippen LogP contribution in [0.5, 0.6) is 23.0 Å². The number of aliphatic imine (C=N–C) groups is 2. The first-order valence-corrected chi connectivity index (χ1v) is 20.2. The molecule has 0 radical (unpaired) electrons. The molecule has 2 atom stereocenters. The maximum absolute atomic E-state index is 14.1. The number of benzene rings is 4. The van der Waals surface area contributed by atoms with Crippen molar-refractivity contribution in [3.8, 4) is 23.0 Å². The number of fused-ring (bicyclic) bond motifs is 8. The molecule has 0 spiro atoms. The summed E-state index contributed by atoms with van der Waals surface area (Å²) in [6, 6.07) is 21.1. The van der Waals surface area contributed by atoms with Gasteiger partial charge in [-0.3, -0.25) is 29.4 Å². The largest absolute Gasteiger partial charge is 0.493 e. The number of methoxy groups -OCH3 is 2. The van der Waals surface area contributed by atoms with Gasteiger partial charge in [-0.05, 0) is 53.1 Å². The van der Waals surface area contributed by atoms with Gasteiger partial charge in [0.1, 0.15) is 0 Å². The zero-order chi connectivity index (χ0) is 38.3. The van der Waals surface area contributed by atoms with Crippen molar-refractivity contribution in [2.75, 3.05) is 43.0 Å². The first-order valence-electron chi connectivity index (χ1n) is 18.6. The van der Waals surface area contributed by atoms with Crippen LogP contribution in [0.15, 0.2) is 76.7 Å². The van der Waals surface area contributed by atoms with Crippen molar-refractivity contribution < 1.29 is 28.5 Å². The van der Waals surface area contributed by atoms with E-state index in [-0.39, 0.29) is 28.6 Å². The molecule has 10 nitrogen and oxygen atoms in total. The van der Waals surface area contributed by atoms with Gasteiger partial charge in [-0.15, -0.1) is 0 Å². The zero-order valence-electron chi connectivity index (χ0n) is 31.4. The Hall–Kier alpha value is -4.94. The molecule has 0 aromatic heterocycles. The average Bonchev–Trinajstić information content (AvgIpc) is 3.66. The summed E-state index contributed by atoms with van der Waals surface area (Å²) in [6.07, 6.45) is 6.70. The van der Waals surface area contributed by atoms with Crippen molar-refractivity contribution >= 4 is 71.4 Å². The Bertz CT molecular complexity index is 2220. The quantitative estimate of drug-likeness (QED) is 0.107. The number of hydrogen-bond donors (Lipinski definition) is 1. The third-order valence-electron chi connectivity index (χ3n) is 10.3. The summed E-state index contributed by atoms with van der Waals surface area (Å²) in [5.41, 5.74) is 7.34. The van der Waals surface area contributed by atoms with Gasteiger partial charge in [0.15, 0.2) is 23.0 Å². The Morgan fingerprint density at radius 2 is 1.31 bits per heavy atom. The van der Waals surface area contributed by atoms with Gasteiger partial charge in [0.25, 0.3) is 11.8 Å². The van der Waals surface area contributed by atoms with E-state index in [0.29, 0.717) is 71.6 Å². The molecule has 0 saturated carbocycles. The Balaban J connectivity index is 0.913. The van der Waals surface area contributed by atoms with E-state index in [0.717, 1.165) is 46.8 Å². The van der Waals surface area contributed by atoms with Crippen LogP contribution in [0.25, 0.3) is 0 Å². The number of carbonyl (C=O) groups is 2. The van der Waals surface area contributed by atoms with Crippen LogP contribution in [0, 0.1) is 0 Å². The average molecular weight is 777 g/mol. The van der Waals surface area contributed by atoms with Gasteiger partial charge in [0.05, 0.1) is 62.0 Å². The minimum atomic E-state index is -0.169. The van der Waals surface area contributed by atoms with Crippen LogP contribution in [0.3, 0.4) is 0 Å². The second-order valence-corrected chi connectivity index (χ2v) is 17.1. The Morgan fingerprint density at radius 3 is 1.89 bits per heavy atom. The molecule has 2 amide bonds. The second kappa shape index (κ2) is 15.3. The van der Waals surface area contributed by atoms with Crippen LogP contribution < -0.4 is 28.7 Å². The molecule has 284 valence electrons. The number of anilines is 2. The summed E-state index contributed by atoms with van der Waals surface area (Å²) in [6.45, 7) is 4.91. The van der Waals surface area contributed by atoms with Crippen molar-refractivity contribution in [1.29, 1.82) is 0 Å². The van der Waals surface area contributed by atoms with Crippen molar-refractivity contribution in [3.63, 3.8) is 0 Å². The molecular formula is C43H44N4O6S2. The Morgan fingerprint density at radius 1 is 0.745 bits per heavy atom. The Labute approximate surface area is 331 Å². The minimum absolute atomic E-state index is 0.00857. The monoisotopic (exact) mass is 776 g/mol. The number of rotatable bonds is 13. The highest BCUT2D eigenvalue weighted by Crippen LogP contribution is 2.43. The van der Waals surface area contributed by atoms with E-state index in [1.54, 1.807) is 38.5 Å². The molecule has 0 fully saturated rings. The van der Waals surface area contributed by atoms with Gasteiger partial charge in [-0.2, -0.15) is 24.4 Å². The van der Waals surface area contributed by atoms with E-state index in [1.807, 2.05) is 52.2 Å². The van der Waals surface area contributed by atoms with Crippen LogP contribution in [-0.2, 0) is 18.6 Å². The number of para-hydroxylation sites is 1. The predicted molar refractivity (Wildman–Crippen MR) is 223 cm³/mol. The van der Waals surface area contributed by atoms with Crippen LogP contribution in [-0.4, -0.2) is 74.3 Å². The van der Waals surface area contributed by atoms with Gasteiger partial charge < -0.3 is 18.9 Å². The molecule has 4 aromatic rings. The van der Waals surface area contributed by atoms with Gasteiger partial charge in [0.2, 0.25) is 0 Å². The highest BCUT2D eigenvalue weighted by Gasteiger charge is 2.38. The lowest BCUT2D eigenvalue weighted by Crippen LogP contribution is -2.37. The van der Waals surface area contributed by atoms with Gasteiger partial charge in [-0.1, -0.05) is 44.2 Å². The van der Waals surface area contributed by atoms with Gasteiger partial charge >= 0.3 is 0 Å². The Kier molecular flexibility index (Phi) is 10.3. The first-order chi connectivity index (χ1) is 26.6. The lowest BCUT2D eigenvalue weighted by atomic mass is 10.1. The number of amides is 2. The predicted octanol–water partition coefficient (Wildman–Crippen LogP) is 8.46. The highest BCUT2D eigenvalue weighted by molar-refractivity contribution is 7.98. The molecule has 4 aliphatic heterocycles. The molecule has 0 saturated heterocycles. The van der Waals surface area contributed by atoms with E-state index in [4.69, 9.17) is 28.9 Å². The van der Waals surface area contributed by atoms with E-state index in [1.165, 1.54) is 5.56 Å². The lowest BCUT2D eigenvalue weighted by Gasteiger charge is -2.22. The summed E-state index contributed by atoms with van der Waals surface area (Å²) in [4.78, 5) is 41.0. The molecule has 0 N–H and O–H groups in total. The number of thiol groups is 1. The fraction of sp³-hybridized carbons (Fsp3) is 0.349. The number of nitrogens with zero attached hydrogens (tertiary/aromatic N) is 4. The fourth-order valence-electron chi connectivity index (χ4n) is 7.49. The van der Waals surface area contributed by atoms with Crippen molar-refractivity contribution in [1.82, 2.24) is 0 Å². The molecule has 1 unspecified atom stereocenters.